The largest absolute Gasteiger partial charge is 0.431 e. The molecule has 1 unspecified atom stereocenters. The molecule has 0 radical (unpaired) electrons. The molecule has 0 N–H and O–H groups in total. The smallest absolute Gasteiger partial charge is 0.145 e. The van der Waals surface area contributed by atoms with Crippen molar-refractivity contribution in [2.75, 3.05) is 26.6 Å². The van der Waals surface area contributed by atoms with Crippen LogP contribution < -0.4 is 0 Å². The van der Waals surface area contributed by atoms with Gasteiger partial charge < -0.3 is 13.9 Å². The predicted molar refractivity (Wildman–Crippen MR) is 64.5 cm³/mol. The number of hydrogen-bond acceptors (Lipinski definition) is 3. The molecule has 3 nitrogen and oxygen atoms in total. The average molecular weight is 241 g/mol. The highest BCUT2D eigenvalue weighted by molar-refractivity contribution is 7.23. The molecule has 1 atom stereocenters. The molecule has 0 aromatic rings. The molecule has 1 heterocycles. The maximum Gasteiger partial charge on any atom is 0.145 e. The summed E-state index contributed by atoms with van der Waals surface area (Å²) in [6, 6.07) is 0. The number of ether oxygens (including phenoxy) is 2. The summed E-state index contributed by atoms with van der Waals surface area (Å²) in [6.45, 7) is 1.82. The van der Waals surface area contributed by atoms with Gasteiger partial charge in [0.05, 0.1) is 13.2 Å². The zero-order valence-electron chi connectivity index (χ0n) is 8.34. The normalized spacial score (nSPS) is 22.2. The van der Waals surface area contributed by atoms with E-state index >= 15 is 0 Å². The molecule has 0 aliphatic carbocycles. The second-order valence-corrected chi connectivity index (χ2v) is 19.8. The molecule has 0 amide bonds. The Morgan fingerprint density at radius 2 is 2.25 bits per heavy atom. The van der Waals surface area contributed by atoms with E-state index in [9.17, 15) is 0 Å². The summed E-state index contributed by atoms with van der Waals surface area (Å²) < 4.78 is 14.8. The first-order chi connectivity index (χ1) is 5.85. The van der Waals surface area contributed by atoms with Gasteiger partial charge in [0.25, 0.3) is 0 Å². The summed E-state index contributed by atoms with van der Waals surface area (Å²) >= 11 is 0. The minimum atomic E-state index is 0.329. The van der Waals surface area contributed by atoms with E-state index in [0.717, 1.165) is 29.9 Å². The van der Waals surface area contributed by atoms with Gasteiger partial charge in [0.15, 0.2) is 0 Å². The van der Waals surface area contributed by atoms with Crippen LogP contribution in [0, 0.1) is 0 Å². The van der Waals surface area contributed by atoms with Crippen LogP contribution in [-0.4, -0.2) is 70.5 Å². The van der Waals surface area contributed by atoms with E-state index < -0.39 is 0 Å². The molecular formula is C5H20O3Si4. The second kappa shape index (κ2) is 9.83. The van der Waals surface area contributed by atoms with Crippen LogP contribution in [0.4, 0.5) is 0 Å². The molecule has 74 valence electrons. The van der Waals surface area contributed by atoms with Gasteiger partial charge in [-0.2, -0.15) is 0 Å². The molecular weight excluding hydrogens is 220 g/mol. The van der Waals surface area contributed by atoms with Crippen molar-refractivity contribution in [2.24, 2.45) is 0 Å². The fraction of sp³-hybridized carbons (Fsp3) is 1.00. The van der Waals surface area contributed by atoms with E-state index in [2.05, 4.69) is 4.43 Å². The Balaban J connectivity index is 0.000000354. The molecule has 0 aromatic carbocycles. The van der Waals surface area contributed by atoms with Crippen molar-refractivity contribution in [3.8, 4) is 0 Å². The molecule has 0 bridgehead atoms. The van der Waals surface area contributed by atoms with Crippen LogP contribution >= 0.6 is 0 Å². The fourth-order valence-corrected chi connectivity index (χ4v) is 5.36. The highest BCUT2D eigenvalue weighted by atomic mass is 29.5. The quantitative estimate of drug-likeness (QED) is 0.278. The minimum Gasteiger partial charge on any atom is -0.431 e. The molecule has 0 aromatic heterocycles. The summed E-state index contributed by atoms with van der Waals surface area (Å²) in [5.41, 5.74) is 0. The first kappa shape index (κ1) is 12.7. The average Bonchev–Trinajstić information content (AvgIpc) is 2.83. The minimum absolute atomic E-state index is 0.329. The third kappa shape index (κ3) is 10.7. The highest BCUT2D eigenvalue weighted by Gasteiger charge is 2.21. The highest BCUT2D eigenvalue weighted by Crippen LogP contribution is 2.07. The summed E-state index contributed by atoms with van der Waals surface area (Å²) in [7, 11) is 4.89. The van der Waals surface area contributed by atoms with Gasteiger partial charge in [0.1, 0.15) is 16.6 Å². The van der Waals surface area contributed by atoms with E-state index in [1.54, 1.807) is 7.11 Å². The maximum atomic E-state index is 5.39. The maximum absolute atomic E-state index is 5.39. The van der Waals surface area contributed by atoms with Crippen molar-refractivity contribution in [2.45, 2.75) is 6.10 Å². The Labute approximate surface area is 84.7 Å². The summed E-state index contributed by atoms with van der Waals surface area (Å²) in [5.74, 6) is 0. The summed E-state index contributed by atoms with van der Waals surface area (Å²) in [6.07, 6.45) is 1.62. The Kier molecular flexibility index (Phi) is 10.4. The van der Waals surface area contributed by atoms with Gasteiger partial charge in [-0.05, 0) is 18.3 Å². The second-order valence-electron chi connectivity index (χ2n) is 2.79. The van der Waals surface area contributed by atoms with Crippen molar-refractivity contribution in [1.29, 1.82) is 0 Å². The van der Waals surface area contributed by atoms with Crippen LogP contribution in [0.3, 0.4) is 0 Å². The first-order valence-electron chi connectivity index (χ1n) is 4.44. The Morgan fingerprint density at radius 1 is 1.67 bits per heavy atom. The van der Waals surface area contributed by atoms with Crippen LogP contribution in [0.1, 0.15) is 0 Å². The molecule has 0 spiro atoms. The number of epoxide rings is 1. The third-order valence-electron chi connectivity index (χ3n) is 1.35. The van der Waals surface area contributed by atoms with Gasteiger partial charge in [-0.25, -0.2) is 0 Å². The fourth-order valence-electron chi connectivity index (χ4n) is 0.625. The predicted octanol–water partition coefficient (Wildman–Crippen LogP) is -4.19. The van der Waals surface area contributed by atoms with Crippen LogP contribution in [0.25, 0.3) is 0 Å². The lowest BCUT2D eigenvalue weighted by atomic mass is 10.5. The molecule has 1 rings (SSSR count). The zero-order valence-corrected chi connectivity index (χ0v) is 15.2. The lowest BCUT2D eigenvalue weighted by Gasteiger charge is -1.96. The zero-order chi connectivity index (χ0) is 9.23. The van der Waals surface area contributed by atoms with Crippen LogP contribution in [0.5, 0.6) is 0 Å². The van der Waals surface area contributed by atoms with E-state index in [1.165, 1.54) is 9.76 Å². The lowest BCUT2D eigenvalue weighted by molar-refractivity contribution is 0.154. The van der Waals surface area contributed by atoms with Crippen molar-refractivity contribution in [3.05, 3.63) is 0 Å². The van der Waals surface area contributed by atoms with E-state index in [0.29, 0.717) is 23.7 Å². The van der Waals surface area contributed by atoms with Crippen LogP contribution in [0.2, 0.25) is 0 Å². The van der Waals surface area contributed by atoms with Gasteiger partial charge in [-0.1, -0.05) is 0 Å². The number of rotatable bonds is 5. The van der Waals surface area contributed by atoms with Gasteiger partial charge in [0.2, 0.25) is 0 Å². The van der Waals surface area contributed by atoms with Crippen LogP contribution in [-0.2, 0) is 13.9 Å². The van der Waals surface area contributed by atoms with Gasteiger partial charge >= 0.3 is 0 Å². The van der Waals surface area contributed by atoms with Crippen molar-refractivity contribution in [3.63, 3.8) is 0 Å². The SMILES string of the molecule is CO[SiH3].[SiH3][SiH2][SiH2]COCC1CO1. The van der Waals surface area contributed by atoms with E-state index in [-0.39, 0.29) is 0 Å². The van der Waals surface area contributed by atoms with Gasteiger partial charge in [0, 0.05) is 22.4 Å². The van der Waals surface area contributed by atoms with Crippen molar-refractivity contribution < 1.29 is 13.9 Å². The Bertz CT molecular complexity index is 90.8. The molecule has 12 heavy (non-hydrogen) atoms. The third-order valence-corrected chi connectivity index (χ3v) is 12.0. The Morgan fingerprint density at radius 3 is 2.67 bits per heavy atom. The topological polar surface area (TPSA) is 31.0 Å². The molecule has 7 heteroatoms. The summed E-state index contributed by atoms with van der Waals surface area (Å²) in [4.78, 5) is 0. The Hall–Kier alpha value is 0.748. The monoisotopic (exact) mass is 240 g/mol. The standard InChI is InChI=1S/C4H14O2Si3.CH6OSi/c7-9-8-3-5-1-4-2-6-4;1-2-3/h4H,1-3,8-9H2,7H3;1,3H3. The van der Waals surface area contributed by atoms with Gasteiger partial charge in [-0.15, -0.1) is 0 Å². The molecule has 1 aliphatic heterocycles. The van der Waals surface area contributed by atoms with Crippen molar-refractivity contribution >= 4 is 37.8 Å². The van der Waals surface area contributed by atoms with E-state index in [1.807, 2.05) is 0 Å². The molecule has 1 saturated heterocycles. The van der Waals surface area contributed by atoms with Crippen LogP contribution in [0.15, 0.2) is 0 Å². The molecule has 1 fully saturated rings. The van der Waals surface area contributed by atoms with Crippen molar-refractivity contribution in [1.82, 2.24) is 0 Å². The first-order valence-corrected chi connectivity index (χ1v) is 15.9. The lowest BCUT2D eigenvalue weighted by Crippen LogP contribution is -2.14. The number of hydrogen-bond donors (Lipinski definition) is 0. The van der Waals surface area contributed by atoms with Gasteiger partial charge in [-0.3, -0.25) is 0 Å². The molecule has 1 aliphatic rings. The molecule has 0 saturated carbocycles. The van der Waals surface area contributed by atoms with E-state index in [4.69, 9.17) is 9.47 Å². The summed E-state index contributed by atoms with van der Waals surface area (Å²) in [5, 5.41) is 0.